The van der Waals surface area contributed by atoms with Crippen LogP contribution < -0.4 is 0 Å². The predicted octanol–water partition coefficient (Wildman–Crippen LogP) is 3.31. The van der Waals surface area contributed by atoms with Gasteiger partial charge in [-0.1, -0.05) is 32.6 Å². The van der Waals surface area contributed by atoms with Gasteiger partial charge in [-0.05, 0) is 24.5 Å². The largest absolute Gasteiger partial charge is 0.496 e. The van der Waals surface area contributed by atoms with E-state index in [0.717, 1.165) is 5.76 Å². The summed E-state index contributed by atoms with van der Waals surface area (Å²) >= 11 is 0. The average Bonchev–Trinajstić information content (AvgIpc) is 2.05. The zero-order valence-electron chi connectivity index (χ0n) is 8.42. The van der Waals surface area contributed by atoms with Crippen LogP contribution in [0.1, 0.15) is 20.8 Å². The van der Waals surface area contributed by atoms with E-state index in [4.69, 9.17) is 4.74 Å². The molecule has 0 N–H and O–H groups in total. The SMILES string of the molecule is C=C/C(OC)=C(\C=C/C)C(C)C. The van der Waals surface area contributed by atoms with Gasteiger partial charge < -0.3 is 4.74 Å². The zero-order valence-corrected chi connectivity index (χ0v) is 8.42. The molecule has 68 valence electrons. The monoisotopic (exact) mass is 166 g/mol. The van der Waals surface area contributed by atoms with Crippen LogP contribution in [-0.2, 0) is 4.74 Å². The third kappa shape index (κ3) is 2.95. The highest BCUT2D eigenvalue weighted by molar-refractivity contribution is 5.29. The molecule has 0 aromatic rings. The van der Waals surface area contributed by atoms with Gasteiger partial charge in [-0.25, -0.2) is 0 Å². The van der Waals surface area contributed by atoms with Crippen LogP contribution in [-0.4, -0.2) is 7.11 Å². The number of ether oxygens (including phenoxy) is 1. The molecule has 0 atom stereocenters. The molecule has 0 heterocycles. The Labute approximate surface area is 75.4 Å². The lowest BCUT2D eigenvalue weighted by atomic mass is 10.0. The zero-order chi connectivity index (χ0) is 9.56. The maximum Gasteiger partial charge on any atom is 0.121 e. The second-order valence-electron chi connectivity index (χ2n) is 2.88. The Balaban J connectivity index is 4.88. The number of allylic oxidation sites excluding steroid dienone is 4. The van der Waals surface area contributed by atoms with Crippen LogP contribution in [0.4, 0.5) is 0 Å². The minimum atomic E-state index is 0.467. The van der Waals surface area contributed by atoms with E-state index in [1.807, 2.05) is 13.0 Å². The van der Waals surface area contributed by atoms with Crippen molar-refractivity contribution in [1.29, 1.82) is 0 Å². The first kappa shape index (κ1) is 11.0. The van der Waals surface area contributed by atoms with Crippen LogP contribution in [0, 0.1) is 5.92 Å². The second-order valence-corrected chi connectivity index (χ2v) is 2.88. The van der Waals surface area contributed by atoms with Crippen molar-refractivity contribution in [2.45, 2.75) is 20.8 Å². The summed E-state index contributed by atoms with van der Waals surface area (Å²) in [5, 5.41) is 0. The second kappa shape index (κ2) is 5.64. The van der Waals surface area contributed by atoms with Crippen molar-refractivity contribution < 1.29 is 4.74 Å². The highest BCUT2D eigenvalue weighted by Gasteiger charge is 2.04. The van der Waals surface area contributed by atoms with Crippen molar-refractivity contribution in [3.05, 3.63) is 36.1 Å². The molecule has 12 heavy (non-hydrogen) atoms. The quantitative estimate of drug-likeness (QED) is 0.460. The van der Waals surface area contributed by atoms with Gasteiger partial charge in [0.2, 0.25) is 0 Å². The Morgan fingerprint density at radius 1 is 1.42 bits per heavy atom. The molecule has 0 aliphatic heterocycles. The molecule has 0 aromatic heterocycles. The van der Waals surface area contributed by atoms with Gasteiger partial charge in [0.05, 0.1) is 7.11 Å². The van der Waals surface area contributed by atoms with Crippen LogP contribution in [0.3, 0.4) is 0 Å². The lowest BCUT2D eigenvalue weighted by Gasteiger charge is -2.10. The fourth-order valence-electron chi connectivity index (χ4n) is 1.06. The summed E-state index contributed by atoms with van der Waals surface area (Å²) in [6.45, 7) is 9.97. The molecule has 0 aliphatic carbocycles. The van der Waals surface area contributed by atoms with Gasteiger partial charge in [-0.3, -0.25) is 0 Å². The summed E-state index contributed by atoms with van der Waals surface area (Å²) in [4.78, 5) is 0. The minimum absolute atomic E-state index is 0.467. The van der Waals surface area contributed by atoms with Gasteiger partial charge in [0.15, 0.2) is 0 Å². The summed E-state index contributed by atoms with van der Waals surface area (Å²) in [5.74, 6) is 1.33. The third-order valence-electron chi connectivity index (χ3n) is 1.66. The predicted molar refractivity (Wildman–Crippen MR) is 53.9 cm³/mol. The molecular weight excluding hydrogens is 148 g/mol. The molecule has 0 spiro atoms. The maximum absolute atomic E-state index is 5.19. The molecule has 0 amide bonds. The summed E-state index contributed by atoms with van der Waals surface area (Å²) in [7, 11) is 1.67. The van der Waals surface area contributed by atoms with E-state index >= 15 is 0 Å². The van der Waals surface area contributed by atoms with E-state index in [-0.39, 0.29) is 0 Å². The van der Waals surface area contributed by atoms with E-state index in [2.05, 4.69) is 26.5 Å². The van der Waals surface area contributed by atoms with Crippen LogP contribution in [0.2, 0.25) is 0 Å². The van der Waals surface area contributed by atoms with Crippen LogP contribution in [0.15, 0.2) is 36.1 Å². The standard InChI is InChI=1S/C11H18O/c1-6-8-10(9(3)4)11(7-2)12-5/h6-9H,2H2,1,3-5H3/b8-6-,11-10-. The van der Waals surface area contributed by atoms with Crippen molar-refractivity contribution in [3.63, 3.8) is 0 Å². The van der Waals surface area contributed by atoms with Crippen molar-refractivity contribution in [2.75, 3.05) is 7.11 Å². The van der Waals surface area contributed by atoms with Gasteiger partial charge in [0, 0.05) is 0 Å². The fourth-order valence-corrected chi connectivity index (χ4v) is 1.06. The van der Waals surface area contributed by atoms with E-state index in [1.54, 1.807) is 13.2 Å². The molecule has 0 unspecified atom stereocenters. The lowest BCUT2D eigenvalue weighted by Crippen LogP contribution is -1.97. The average molecular weight is 166 g/mol. The molecular formula is C11H18O. The van der Waals surface area contributed by atoms with E-state index in [1.165, 1.54) is 5.57 Å². The Morgan fingerprint density at radius 3 is 2.25 bits per heavy atom. The summed E-state index contributed by atoms with van der Waals surface area (Å²) in [6, 6.07) is 0. The molecule has 0 fully saturated rings. The first-order valence-electron chi connectivity index (χ1n) is 4.20. The molecule has 0 saturated carbocycles. The topological polar surface area (TPSA) is 9.23 Å². The molecule has 0 bridgehead atoms. The van der Waals surface area contributed by atoms with Gasteiger partial charge >= 0.3 is 0 Å². The molecule has 0 radical (unpaired) electrons. The molecule has 1 heteroatoms. The summed E-state index contributed by atoms with van der Waals surface area (Å²) in [6.07, 6.45) is 5.82. The number of methoxy groups -OCH3 is 1. The highest BCUT2D eigenvalue weighted by atomic mass is 16.5. The molecule has 1 nitrogen and oxygen atoms in total. The van der Waals surface area contributed by atoms with E-state index < -0.39 is 0 Å². The fraction of sp³-hybridized carbons (Fsp3) is 0.455. The van der Waals surface area contributed by atoms with Gasteiger partial charge in [0.25, 0.3) is 0 Å². The Kier molecular flexibility index (Phi) is 5.18. The van der Waals surface area contributed by atoms with Gasteiger partial charge in [0.1, 0.15) is 5.76 Å². The van der Waals surface area contributed by atoms with Crippen molar-refractivity contribution >= 4 is 0 Å². The minimum Gasteiger partial charge on any atom is -0.496 e. The van der Waals surface area contributed by atoms with Crippen molar-refractivity contribution in [3.8, 4) is 0 Å². The smallest absolute Gasteiger partial charge is 0.121 e. The first-order chi connectivity index (χ1) is 5.67. The van der Waals surface area contributed by atoms with E-state index in [0.29, 0.717) is 5.92 Å². The maximum atomic E-state index is 5.19. The van der Waals surface area contributed by atoms with E-state index in [9.17, 15) is 0 Å². The molecule has 0 saturated heterocycles. The normalized spacial score (nSPS) is 13.4. The van der Waals surface area contributed by atoms with Crippen LogP contribution >= 0.6 is 0 Å². The highest BCUT2D eigenvalue weighted by Crippen LogP contribution is 2.17. The molecule has 0 aromatic carbocycles. The number of rotatable bonds is 4. The first-order valence-corrected chi connectivity index (χ1v) is 4.20. The Hall–Kier alpha value is -0.980. The summed E-state index contributed by atoms with van der Waals surface area (Å²) < 4.78 is 5.19. The van der Waals surface area contributed by atoms with Gasteiger partial charge in [-0.15, -0.1) is 0 Å². The van der Waals surface area contributed by atoms with Crippen molar-refractivity contribution in [2.24, 2.45) is 5.92 Å². The van der Waals surface area contributed by atoms with Gasteiger partial charge in [-0.2, -0.15) is 0 Å². The molecule has 0 rings (SSSR count). The van der Waals surface area contributed by atoms with Crippen LogP contribution in [0.5, 0.6) is 0 Å². The van der Waals surface area contributed by atoms with Crippen molar-refractivity contribution in [1.82, 2.24) is 0 Å². The van der Waals surface area contributed by atoms with Crippen LogP contribution in [0.25, 0.3) is 0 Å². The summed E-state index contributed by atoms with van der Waals surface area (Å²) in [5.41, 5.74) is 1.19. The number of hydrogen-bond acceptors (Lipinski definition) is 1. The Morgan fingerprint density at radius 2 is 2.00 bits per heavy atom. The lowest BCUT2D eigenvalue weighted by molar-refractivity contribution is 0.300. The number of hydrogen-bond donors (Lipinski definition) is 0. The third-order valence-corrected chi connectivity index (χ3v) is 1.66. The Bertz CT molecular complexity index is 197. The molecule has 0 aliphatic rings.